The lowest BCUT2D eigenvalue weighted by molar-refractivity contribution is 0.795. The summed E-state index contributed by atoms with van der Waals surface area (Å²) in [5, 5.41) is 16.4. The topological polar surface area (TPSA) is 48.7 Å². The summed E-state index contributed by atoms with van der Waals surface area (Å²) in [6.45, 7) is 2.19. The molecule has 0 fully saturated rings. The predicted molar refractivity (Wildman–Crippen MR) is 120 cm³/mol. The van der Waals surface area contributed by atoms with Crippen LogP contribution in [0.25, 0.3) is 16.8 Å². The average molecular weight is 428 g/mol. The van der Waals surface area contributed by atoms with Gasteiger partial charge >= 0.3 is 0 Å². The van der Waals surface area contributed by atoms with E-state index in [1.54, 1.807) is 18.3 Å². The number of anilines is 1. The maximum atomic E-state index is 9.53. The molecule has 28 heavy (non-hydrogen) atoms. The first-order valence-corrected chi connectivity index (χ1v) is 10.6. The zero-order chi connectivity index (χ0) is 19.9. The fraction of sp³-hybridized carbons (Fsp3) is 0.182. The van der Waals surface area contributed by atoms with Crippen LogP contribution in [0.1, 0.15) is 30.3 Å². The second-order valence-corrected chi connectivity index (χ2v) is 7.98. The van der Waals surface area contributed by atoms with Crippen molar-refractivity contribution in [2.24, 2.45) is 0 Å². The van der Waals surface area contributed by atoms with Gasteiger partial charge in [-0.2, -0.15) is 5.26 Å². The molecule has 0 bridgehead atoms. The second kappa shape index (κ2) is 9.75. The van der Waals surface area contributed by atoms with Gasteiger partial charge in [-0.3, -0.25) is 0 Å². The molecule has 3 nitrogen and oxygen atoms in total. The van der Waals surface area contributed by atoms with Gasteiger partial charge in [0.25, 0.3) is 0 Å². The van der Waals surface area contributed by atoms with E-state index >= 15 is 0 Å². The van der Waals surface area contributed by atoms with Crippen LogP contribution in [-0.2, 0) is 6.42 Å². The molecular weight excluding hydrogens is 409 g/mol. The third-order valence-corrected chi connectivity index (χ3v) is 5.64. The van der Waals surface area contributed by atoms with E-state index in [-0.39, 0.29) is 0 Å². The molecule has 3 aromatic rings. The number of benzene rings is 2. The summed E-state index contributed by atoms with van der Waals surface area (Å²) in [4.78, 5) is 4.56. The normalized spacial score (nSPS) is 11.3. The minimum atomic E-state index is 0.469. The smallest absolute Gasteiger partial charge is 0.136 e. The van der Waals surface area contributed by atoms with Gasteiger partial charge in [-0.1, -0.05) is 48.7 Å². The molecule has 0 unspecified atom stereocenters. The van der Waals surface area contributed by atoms with E-state index in [0.717, 1.165) is 23.4 Å². The van der Waals surface area contributed by atoms with Crippen molar-refractivity contribution in [3.8, 4) is 17.3 Å². The zero-order valence-electron chi connectivity index (χ0n) is 15.4. The Morgan fingerprint density at radius 1 is 1.21 bits per heavy atom. The van der Waals surface area contributed by atoms with Crippen LogP contribution in [-0.4, -0.2) is 4.98 Å². The van der Waals surface area contributed by atoms with Crippen molar-refractivity contribution < 1.29 is 0 Å². The van der Waals surface area contributed by atoms with Gasteiger partial charge < -0.3 is 5.32 Å². The first kappa shape index (κ1) is 20.4. The first-order chi connectivity index (χ1) is 13.6. The van der Waals surface area contributed by atoms with Gasteiger partial charge in [0.15, 0.2) is 0 Å². The van der Waals surface area contributed by atoms with E-state index < -0.39 is 0 Å². The van der Waals surface area contributed by atoms with Crippen molar-refractivity contribution in [2.75, 3.05) is 5.32 Å². The molecular formula is C22H19Cl2N3S. The molecule has 0 saturated carbocycles. The summed E-state index contributed by atoms with van der Waals surface area (Å²) >= 11 is 13.6. The number of nitrogens with one attached hydrogen (secondary N) is 1. The summed E-state index contributed by atoms with van der Waals surface area (Å²) in [6, 6.07) is 15.8. The van der Waals surface area contributed by atoms with Gasteiger partial charge in [0, 0.05) is 27.9 Å². The second-order valence-electron chi connectivity index (χ2n) is 6.28. The van der Waals surface area contributed by atoms with Crippen LogP contribution in [0.5, 0.6) is 0 Å². The maximum absolute atomic E-state index is 9.53. The molecule has 142 valence electrons. The maximum Gasteiger partial charge on any atom is 0.136 e. The van der Waals surface area contributed by atoms with Crippen molar-refractivity contribution in [1.82, 2.24) is 4.98 Å². The van der Waals surface area contributed by atoms with E-state index in [4.69, 9.17) is 23.2 Å². The van der Waals surface area contributed by atoms with E-state index in [0.29, 0.717) is 20.6 Å². The lowest BCUT2D eigenvalue weighted by atomic mass is 10.1. The van der Waals surface area contributed by atoms with E-state index in [1.165, 1.54) is 29.7 Å². The molecule has 0 aliphatic heterocycles. The highest BCUT2D eigenvalue weighted by Crippen LogP contribution is 2.32. The number of aromatic nitrogens is 1. The Kier molecular flexibility index (Phi) is 7.11. The number of nitriles is 1. The van der Waals surface area contributed by atoms with Crippen molar-refractivity contribution >= 4 is 45.8 Å². The first-order valence-electron chi connectivity index (χ1n) is 8.97. The van der Waals surface area contributed by atoms with Gasteiger partial charge in [0.05, 0.1) is 10.7 Å². The number of hydrogen-bond acceptors (Lipinski definition) is 4. The number of aryl methyl sites for hydroxylation is 1. The number of nitrogens with zero attached hydrogens (tertiary/aromatic N) is 2. The minimum absolute atomic E-state index is 0.469. The van der Waals surface area contributed by atoms with Crippen LogP contribution in [0, 0.1) is 11.3 Å². The van der Waals surface area contributed by atoms with Gasteiger partial charge in [0.2, 0.25) is 0 Å². The molecule has 2 aromatic carbocycles. The summed E-state index contributed by atoms with van der Waals surface area (Å²) in [5.74, 6) is 0. The standard InChI is InChI=1S/C22H19Cl2N3S/c1-2-3-4-15-5-8-18(9-6-15)26-13-16(12-25)22-27-21(14-28-22)19-10-7-17(23)11-20(19)24/h5-11,13-14,26H,2-4H2,1H3/b16-13+. The summed E-state index contributed by atoms with van der Waals surface area (Å²) in [7, 11) is 0. The lowest BCUT2D eigenvalue weighted by Gasteiger charge is -2.04. The SMILES string of the molecule is CCCCc1ccc(N/C=C(\C#N)c2nc(-c3ccc(Cl)cc3Cl)cs2)cc1. The Hall–Kier alpha value is -2.32. The number of halogens is 2. The van der Waals surface area contributed by atoms with E-state index in [1.807, 2.05) is 23.6 Å². The fourth-order valence-corrected chi connectivity index (χ4v) is 3.96. The van der Waals surface area contributed by atoms with Crippen molar-refractivity contribution in [2.45, 2.75) is 26.2 Å². The van der Waals surface area contributed by atoms with Crippen LogP contribution in [0.3, 0.4) is 0 Å². The molecule has 3 rings (SSSR count). The number of thiazole rings is 1. The highest BCUT2D eigenvalue weighted by molar-refractivity contribution is 7.11. The van der Waals surface area contributed by atoms with Gasteiger partial charge in [-0.15, -0.1) is 11.3 Å². The Morgan fingerprint density at radius 2 is 2.00 bits per heavy atom. The molecule has 0 aliphatic carbocycles. The van der Waals surface area contributed by atoms with Crippen LogP contribution < -0.4 is 5.32 Å². The third-order valence-electron chi connectivity index (χ3n) is 4.22. The molecule has 0 amide bonds. The third kappa shape index (κ3) is 5.14. The van der Waals surface area contributed by atoms with Crippen LogP contribution >= 0.6 is 34.5 Å². The van der Waals surface area contributed by atoms with Gasteiger partial charge in [0.1, 0.15) is 16.6 Å². The van der Waals surface area contributed by atoms with Gasteiger partial charge in [-0.25, -0.2) is 4.98 Å². The lowest BCUT2D eigenvalue weighted by Crippen LogP contribution is -1.92. The van der Waals surface area contributed by atoms with Crippen LogP contribution in [0.15, 0.2) is 54.0 Å². The number of hydrogen-bond donors (Lipinski definition) is 1. The molecule has 0 spiro atoms. The molecule has 1 N–H and O–H groups in total. The zero-order valence-corrected chi connectivity index (χ0v) is 17.7. The molecule has 0 atom stereocenters. The number of rotatable bonds is 7. The molecule has 0 radical (unpaired) electrons. The van der Waals surface area contributed by atoms with Crippen molar-refractivity contribution in [3.63, 3.8) is 0 Å². The van der Waals surface area contributed by atoms with Crippen molar-refractivity contribution in [3.05, 3.63) is 74.7 Å². The highest BCUT2D eigenvalue weighted by Gasteiger charge is 2.11. The van der Waals surface area contributed by atoms with E-state index in [2.05, 4.69) is 35.4 Å². The van der Waals surface area contributed by atoms with Crippen LogP contribution in [0.2, 0.25) is 10.0 Å². The predicted octanol–water partition coefficient (Wildman–Crippen LogP) is 7.44. The Labute approximate surface area is 179 Å². The number of unbranched alkanes of at least 4 members (excludes halogenated alkanes) is 1. The quantitative estimate of drug-likeness (QED) is 0.398. The molecule has 0 aliphatic rings. The Balaban J connectivity index is 1.75. The monoisotopic (exact) mass is 427 g/mol. The summed E-state index contributed by atoms with van der Waals surface area (Å²) in [6.07, 6.45) is 5.15. The Morgan fingerprint density at radius 3 is 2.68 bits per heavy atom. The molecule has 0 saturated heterocycles. The van der Waals surface area contributed by atoms with Crippen molar-refractivity contribution in [1.29, 1.82) is 5.26 Å². The molecule has 1 heterocycles. The summed E-state index contributed by atoms with van der Waals surface area (Å²) < 4.78 is 0. The minimum Gasteiger partial charge on any atom is -0.360 e. The van der Waals surface area contributed by atoms with E-state index in [9.17, 15) is 5.26 Å². The van der Waals surface area contributed by atoms with Gasteiger partial charge in [-0.05, 0) is 48.7 Å². The van der Waals surface area contributed by atoms with Crippen LogP contribution in [0.4, 0.5) is 5.69 Å². The number of allylic oxidation sites excluding steroid dienone is 1. The largest absolute Gasteiger partial charge is 0.360 e. The molecule has 1 aromatic heterocycles. The molecule has 6 heteroatoms. The average Bonchev–Trinajstić information content (AvgIpc) is 3.17. The highest BCUT2D eigenvalue weighted by atomic mass is 35.5. The fourth-order valence-electron chi connectivity index (χ4n) is 2.66. The summed E-state index contributed by atoms with van der Waals surface area (Å²) in [5.41, 5.74) is 4.24. The Bertz CT molecular complexity index is 1020.